The van der Waals surface area contributed by atoms with E-state index in [0.29, 0.717) is 17.8 Å². The fraction of sp³-hybridized carbons (Fsp3) is 0.438. The summed E-state index contributed by atoms with van der Waals surface area (Å²) < 4.78 is 5.58. The number of anilines is 1. The average molecular weight is 286 g/mol. The molecule has 112 valence electrons. The highest BCUT2D eigenvalue weighted by molar-refractivity contribution is 5.57. The summed E-state index contributed by atoms with van der Waals surface area (Å²) in [5.74, 6) is 1.13. The molecule has 0 aliphatic heterocycles. The number of hydrogen-bond acceptors (Lipinski definition) is 5. The fourth-order valence-electron chi connectivity index (χ4n) is 1.97. The minimum Gasteiger partial charge on any atom is -0.461 e. The first kappa shape index (κ1) is 15.2. The van der Waals surface area contributed by atoms with E-state index < -0.39 is 0 Å². The van der Waals surface area contributed by atoms with Crippen LogP contribution in [-0.2, 0) is 6.42 Å². The maximum atomic E-state index is 5.58. The lowest BCUT2D eigenvalue weighted by Gasteiger charge is -2.10. The third-order valence-electron chi connectivity index (χ3n) is 2.93. The van der Waals surface area contributed by atoms with Crippen LogP contribution in [0.2, 0.25) is 0 Å². The first-order valence-electron chi connectivity index (χ1n) is 7.32. The van der Waals surface area contributed by atoms with Gasteiger partial charge in [0.15, 0.2) is 5.82 Å². The van der Waals surface area contributed by atoms with Gasteiger partial charge in [0.05, 0.1) is 6.10 Å². The maximum absolute atomic E-state index is 5.58. The molecule has 1 N–H and O–H groups in total. The number of aryl methyl sites for hydroxylation is 1. The van der Waals surface area contributed by atoms with Crippen LogP contribution in [0.25, 0.3) is 11.4 Å². The Kier molecular flexibility index (Phi) is 5.09. The predicted octanol–water partition coefficient (Wildman–Crippen LogP) is 3.32. The van der Waals surface area contributed by atoms with E-state index >= 15 is 0 Å². The highest BCUT2D eigenvalue weighted by atomic mass is 16.5. The van der Waals surface area contributed by atoms with E-state index in [2.05, 4.69) is 39.3 Å². The van der Waals surface area contributed by atoms with Gasteiger partial charge < -0.3 is 10.1 Å². The quantitative estimate of drug-likeness (QED) is 0.882. The number of ether oxygens (including phenoxy) is 1. The lowest BCUT2D eigenvalue weighted by Crippen LogP contribution is -2.11. The molecule has 0 saturated heterocycles. The number of rotatable bonds is 6. The fourth-order valence-corrected chi connectivity index (χ4v) is 1.97. The zero-order valence-corrected chi connectivity index (χ0v) is 13.1. The van der Waals surface area contributed by atoms with Gasteiger partial charge in [0.25, 0.3) is 0 Å². The molecule has 5 heteroatoms. The lowest BCUT2D eigenvalue weighted by atomic mass is 10.1. The molecular weight excluding hydrogens is 264 g/mol. The van der Waals surface area contributed by atoms with E-state index in [1.165, 1.54) is 5.56 Å². The van der Waals surface area contributed by atoms with Crippen molar-refractivity contribution in [1.29, 1.82) is 0 Å². The van der Waals surface area contributed by atoms with Gasteiger partial charge in [-0.3, -0.25) is 0 Å². The predicted molar refractivity (Wildman–Crippen MR) is 84.6 cm³/mol. The van der Waals surface area contributed by atoms with Gasteiger partial charge in [-0.1, -0.05) is 37.6 Å². The zero-order valence-electron chi connectivity index (χ0n) is 13.1. The van der Waals surface area contributed by atoms with E-state index in [1.54, 1.807) is 7.05 Å². The van der Waals surface area contributed by atoms with E-state index in [9.17, 15) is 0 Å². The normalized spacial score (nSPS) is 10.7. The van der Waals surface area contributed by atoms with E-state index in [0.717, 1.165) is 18.4 Å². The molecule has 1 aromatic heterocycles. The van der Waals surface area contributed by atoms with Crippen LogP contribution in [0.1, 0.15) is 32.8 Å². The second-order valence-corrected chi connectivity index (χ2v) is 5.13. The van der Waals surface area contributed by atoms with Crippen LogP contribution in [0.3, 0.4) is 0 Å². The Morgan fingerprint density at radius 2 is 1.81 bits per heavy atom. The Balaban J connectivity index is 2.32. The van der Waals surface area contributed by atoms with Crippen LogP contribution >= 0.6 is 0 Å². The summed E-state index contributed by atoms with van der Waals surface area (Å²) >= 11 is 0. The molecule has 0 unspecified atom stereocenters. The third-order valence-corrected chi connectivity index (χ3v) is 2.93. The minimum absolute atomic E-state index is 0.0249. The Hall–Kier alpha value is -2.17. The zero-order chi connectivity index (χ0) is 15.2. The summed E-state index contributed by atoms with van der Waals surface area (Å²) in [7, 11) is 1.78. The molecule has 0 saturated carbocycles. The molecule has 0 radical (unpaired) electrons. The molecule has 0 fully saturated rings. The Labute approximate surface area is 125 Å². The minimum atomic E-state index is 0.0249. The second-order valence-electron chi connectivity index (χ2n) is 5.13. The molecule has 1 heterocycles. The maximum Gasteiger partial charge on any atom is 0.322 e. The van der Waals surface area contributed by atoms with Gasteiger partial charge in [-0.15, -0.1) is 0 Å². The summed E-state index contributed by atoms with van der Waals surface area (Å²) in [6.07, 6.45) is 2.25. The van der Waals surface area contributed by atoms with E-state index in [1.807, 2.05) is 26.0 Å². The summed E-state index contributed by atoms with van der Waals surface area (Å²) in [6.45, 7) is 6.07. The molecule has 21 heavy (non-hydrogen) atoms. The molecule has 1 aromatic carbocycles. The molecule has 0 amide bonds. The topological polar surface area (TPSA) is 59.9 Å². The highest BCUT2D eigenvalue weighted by Crippen LogP contribution is 2.20. The lowest BCUT2D eigenvalue weighted by molar-refractivity contribution is 0.222. The van der Waals surface area contributed by atoms with Crippen molar-refractivity contribution in [3.63, 3.8) is 0 Å². The molecule has 0 spiro atoms. The van der Waals surface area contributed by atoms with E-state index in [-0.39, 0.29) is 6.10 Å². The van der Waals surface area contributed by atoms with Crippen LogP contribution < -0.4 is 10.1 Å². The third kappa shape index (κ3) is 4.15. The van der Waals surface area contributed by atoms with Crippen molar-refractivity contribution < 1.29 is 4.74 Å². The van der Waals surface area contributed by atoms with Crippen molar-refractivity contribution in [2.75, 3.05) is 12.4 Å². The van der Waals surface area contributed by atoms with Gasteiger partial charge in [-0.05, 0) is 25.8 Å². The summed E-state index contributed by atoms with van der Waals surface area (Å²) in [5.41, 5.74) is 2.28. The van der Waals surface area contributed by atoms with Crippen LogP contribution in [0.4, 0.5) is 5.95 Å². The first-order valence-corrected chi connectivity index (χ1v) is 7.32. The van der Waals surface area contributed by atoms with Crippen molar-refractivity contribution >= 4 is 5.95 Å². The molecular formula is C16H22N4O. The average Bonchev–Trinajstić information content (AvgIpc) is 2.47. The monoisotopic (exact) mass is 286 g/mol. The first-order chi connectivity index (χ1) is 10.1. The summed E-state index contributed by atoms with van der Waals surface area (Å²) in [6, 6.07) is 8.66. The van der Waals surface area contributed by atoms with Crippen molar-refractivity contribution in [3.8, 4) is 17.4 Å². The number of benzene rings is 1. The van der Waals surface area contributed by atoms with Crippen molar-refractivity contribution in [3.05, 3.63) is 29.8 Å². The highest BCUT2D eigenvalue weighted by Gasteiger charge is 2.10. The van der Waals surface area contributed by atoms with E-state index in [4.69, 9.17) is 4.74 Å². The molecule has 0 atom stereocenters. The van der Waals surface area contributed by atoms with Crippen molar-refractivity contribution in [2.45, 2.75) is 39.7 Å². The Morgan fingerprint density at radius 3 is 2.38 bits per heavy atom. The van der Waals surface area contributed by atoms with Crippen LogP contribution in [0.5, 0.6) is 6.01 Å². The largest absolute Gasteiger partial charge is 0.461 e. The van der Waals surface area contributed by atoms with Crippen LogP contribution in [-0.4, -0.2) is 28.1 Å². The van der Waals surface area contributed by atoms with Gasteiger partial charge in [0.1, 0.15) is 0 Å². The molecule has 2 aromatic rings. The molecule has 5 nitrogen and oxygen atoms in total. The summed E-state index contributed by atoms with van der Waals surface area (Å²) in [4.78, 5) is 13.0. The Morgan fingerprint density at radius 1 is 1.10 bits per heavy atom. The smallest absolute Gasteiger partial charge is 0.322 e. The van der Waals surface area contributed by atoms with Gasteiger partial charge in [0.2, 0.25) is 5.95 Å². The summed E-state index contributed by atoms with van der Waals surface area (Å²) in [5, 5.41) is 2.94. The Bertz CT molecular complexity index is 581. The number of aromatic nitrogens is 3. The second kappa shape index (κ2) is 7.02. The number of nitrogens with one attached hydrogen (secondary N) is 1. The van der Waals surface area contributed by atoms with Gasteiger partial charge in [-0.2, -0.15) is 15.0 Å². The van der Waals surface area contributed by atoms with Gasteiger partial charge >= 0.3 is 6.01 Å². The van der Waals surface area contributed by atoms with Crippen LogP contribution in [0, 0.1) is 0 Å². The standard InChI is InChI=1S/C16H22N4O/c1-5-6-12-7-9-13(10-8-12)14-18-15(17-4)20-16(19-14)21-11(2)3/h7-11H,5-6H2,1-4H3,(H,17,18,19,20). The van der Waals surface area contributed by atoms with Gasteiger partial charge in [-0.25, -0.2) is 0 Å². The SMILES string of the molecule is CCCc1ccc(-c2nc(NC)nc(OC(C)C)n2)cc1. The molecule has 0 bridgehead atoms. The number of nitrogens with zero attached hydrogens (tertiary/aromatic N) is 3. The molecule has 0 aliphatic rings. The van der Waals surface area contributed by atoms with Gasteiger partial charge in [0, 0.05) is 12.6 Å². The number of hydrogen-bond donors (Lipinski definition) is 1. The molecule has 2 rings (SSSR count). The van der Waals surface area contributed by atoms with Crippen molar-refractivity contribution in [2.24, 2.45) is 0 Å². The van der Waals surface area contributed by atoms with Crippen LogP contribution in [0.15, 0.2) is 24.3 Å². The molecule has 0 aliphatic carbocycles. The van der Waals surface area contributed by atoms with Crippen molar-refractivity contribution in [1.82, 2.24) is 15.0 Å².